The first kappa shape index (κ1) is 11.3. The van der Waals surface area contributed by atoms with Crippen molar-refractivity contribution in [2.45, 2.75) is 25.4 Å². The molecule has 1 aliphatic rings. The van der Waals surface area contributed by atoms with Gasteiger partial charge in [-0.25, -0.2) is 4.39 Å². The van der Waals surface area contributed by atoms with Gasteiger partial charge in [-0.15, -0.1) is 0 Å². The summed E-state index contributed by atoms with van der Waals surface area (Å²) in [7, 11) is 0. The number of hydrogen-bond donors (Lipinski definition) is 0. The quantitative estimate of drug-likeness (QED) is 0.633. The highest BCUT2D eigenvalue weighted by molar-refractivity contribution is 9.10. The van der Waals surface area contributed by atoms with Gasteiger partial charge < -0.3 is 4.74 Å². The zero-order chi connectivity index (χ0) is 11.7. The number of nitro groups is 1. The third kappa shape index (κ3) is 2.16. The highest BCUT2D eigenvalue weighted by atomic mass is 79.9. The van der Waals surface area contributed by atoms with Crippen LogP contribution in [0.25, 0.3) is 0 Å². The molecule has 1 aromatic rings. The van der Waals surface area contributed by atoms with E-state index < -0.39 is 10.7 Å². The van der Waals surface area contributed by atoms with Crippen LogP contribution in [0, 0.1) is 15.9 Å². The van der Waals surface area contributed by atoms with Crippen LogP contribution < -0.4 is 4.74 Å². The first-order chi connectivity index (χ1) is 7.58. The largest absolute Gasteiger partial charge is 0.487 e. The molecule has 0 atom stereocenters. The molecule has 0 aromatic heterocycles. The normalized spacial score (nSPS) is 15.6. The van der Waals surface area contributed by atoms with Crippen molar-refractivity contribution >= 4 is 21.6 Å². The van der Waals surface area contributed by atoms with Gasteiger partial charge in [-0.05, 0) is 35.2 Å². The Kier molecular flexibility index (Phi) is 3.09. The molecule has 0 radical (unpaired) electrons. The molecular weight excluding hydrogens is 281 g/mol. The van der Waals surface area contributed by atoms with Gasteiger partial charge in [0.2, 0.25) is 0 Å². The van der Waals surface area contributed by atoms with Gasteiger partial charge in [-0.3, -0.25) is 10.1 Å². The summed E-state index contributed by atoms with van der Waals surface area (Å²) in [5, 5.41) is 10.5. The zero-order valence-electron chi connectivity index (χ0n) is 8.28. The van der Waals surface area contributed by atoms with Gasteiger partial charge in [0.05, 0.1) is 21.6 Å². The lowest BCUT2D eigenvalue weighted by atomic mass is 9.96. The van der Waals surface area contributed by atoms with Crippen molar-refractivity contribution in [2.75, 3.05) is 0 Å². The van der Waals surface area contributed by atoms with E-state index in [2.05, 4.69) is 15.9 Å². The van der Waals surface area contributed by atoms with Crippen molar-refractivity contribution in [3.8, 4) is 5.75 Å². The van der Waals surface area contributed by atoms with Gasteiger partial charge in [0.25, 0.3) is 5.69 Å². The van der Waals surface area contributed by atoms with Crippen LogP contribution in [0.15, 0.2) is 16.6 Å². The zero-order valence-corrected chi connectivity index (χ0v) is 9.87. The molecule has 1 fully saturated rings. The maximum absolute atomic E-state index is 13.5. The number of halogens is 2. The number of benzene rings is 1. The Morgan fingerprint density at radius 3 is 2.69 bits per heavy atom. The molecule has 86 valence electrons. The van der Waals surface area contributed by atoms with Crippen LogP contribution in [0.5, 0.6) is 5.75 Å². The molecule has 16 heavy (non-hydrogen) atoms. The van der Waals surface area contributed by atoms with Crippen molar-refractivity contribution in [3.63, 3.8) is 0 Å². The van der Waals surface area contributed by atoms with Gasteiger partial charge in [0.1, 0.15) is 0 Å². The lowest BCUT2D eigenvalue weighted by Crippen LogP contribution is -2.25. The predicted octanol–water partition coefficient (Wildman–Crippen LogP) is 3.43. The van der Waals surface area contributed by atoms with Crippen LogP contribution in [0.3, 0.4) is 0 Å². The Hall–Kier alpha value is -1.17. The van der Waals surface area contributed by atoms with Gasteiger partial charge >= 0.3 is 0 Å². The van der Waals surface area contributed by atoms with Crippen molar-refractivity contribution < 1.29 is 14.1 Å². The number of rotatable bonds is 3. The van der Waals surface area contributed by atoms with E-state index in [0.29, 0.717) is 0 Å². The smallest absolute Gasteiger partial charge is 0.286 e. The number of hydrogen-bond acceptors (Lipinski definition) is 3. The first-order valence-electron chi connectivity index (χ1n) is 4.88. The molecule has 1 aliphatic carbocycles. The molecule has 0 unspecified atom stereocenters. The second-order valence-electron chi connectivity index (χ2n) is 3.66. The monoisotopic (exact) mass is 289 g/mol. The summed E-state index contributed by atoms with van der Waals surface area (Å²) in [6.07, 6.45) is 2.95. The van der Waals surface area contributed by atoms with Gasteiger partial charge in [0, 0.05) is 6.07 Å². The second kappa shape index (κ2) is 4.37. The Balaban J connectivity index is 2.25. The van der Waals surface area contributed by atoms with Crippen LogP contribution in [0.2, 0.25) is 0 Å². The van der Waals surface area contributed by atoms with Crippen LogP contribution in [0.4, 0.5) is 10.1 Å². The van der Waals surface area contributed by atoms with Gasteiger partial charge in [0.15, 0.2) is 11.6 Å². The highest BCUT2D eigenvalue weighted by Gasteiger charge is 2.23. The van der Waals surface area contributed by atoms with Crippen LogP contribution in [-0.2, 0) is 0 Å². The average Bonchev–Trinajstić information content (AvgIpc) is 2.15. The van der Waals surface area contributed by atoms with Crippen molar-refractivity contribution in [2.24, 2.45) is 0 Å². The summed E-state index contributed by atoms with van der Waals surface area (Å²) in [5.41, 5.74) is -0.293. The van der Waals surface area contributed by atoms with Gasteiger partial charge in [-0.2, -0.15) is 0 Å². The topological polar surface area (TPSA) is 52.4 Å². The molecular formula is C10H9BrFNO3. The molecule has 0 heterocycles. The maximum atomic E-state index is 13.5. The van der Waals surface area contributed by atoms with E-state index in [4.69, 9.17) is 4.74 Å². The molecule has 1 aromatic carbocycles. The van der Waals surface area contributed by atoms with E-state index in [0.717, 1.165) is 25.3 Å². The van der Waals surface area contributed by atoms with E-state index in [-0.39, 0.29) is 22.0 Å². The van der Waals surface area contributed by atoms with Crippen molar-refractivity contribution in [3.05, 3.63) is 32.5 Å². The third-order valence-corrected chi connectivity index (χ3v) is 3.18. The van der Waals surface area contributed by atoms with E-state index in [1.165, 1.54) is 6.07 Å². The van der Waals surface area contributed by atoms with E-state index >= 15 is 0 Å². The first-order valence-corrected chi connectivity index (χ1v) is 5.67. The average molecular weight is 290 g/mol. The van der Waals surface area contributed by atoms with Crippen LogP contribution in [-0.4, -0.2) is 11.0 Å². The molecule has 0 N–H and O–H groups in total. The van der Waals surface area contributed by atoms with Crippen LogP contribution in [0.1, 0.15) is 19.3 Å². The summed E-state index contributed by atoms with van der Waals surface area (Å²) in [6, 6.07) is 2.18. The SMILES string of the molecule is O=[N+]([O-])c1cc(F)c(OC2CCC2)cc1Br. The van der Waals surface area contributed by atoms with Gasteiger partial charge in [-0.1, -0.05) is 0 Å². The molecule has 2 rings (SSSR count). The van der Waals surface area contributed by atoms with E-state index in [1.807, 2.05) is 0 Å². The summed E-state index contributed by atoms with van der Waals surface area (Å²) in [6.45, 7) is 0. The summed E-state index contributed by atoms with van der Waals surface area (Å²) < 4.78 is 19.1. The molecule has 0 saturated heterocycles. The summed E-state index contributed by atoms with van der Waals surface area (Å²) in [4.78, 5) is 9.90. The molecule has 6 heteroatoms. The molecule has 0 bridgehead atoms. The molecule has 0 amide bonds. The number of nitrogens with zero attached hydrogens (tertiary/aromatic N) is 1. The molecule has 1 saturated carbocycles. The Morgan fingerprint density at radius 2 is 2.19 bits per heavy atom. The Bertz CT molecular complexity index is 434. The van der Waals surface area contributed by atoms with E-state index in [1.54, 1.807) is 0 Å². The number of nitro benzene ring substituents is 1. The summed E-state index contributed by atoms with van der Waals surface area (Å²) >= 11 is 3.02. The minimum Gasteiger partial charge on any atom is -0.487 e. The van der Waals surface area contributed by atoms with Crippen molar-refractivity contribution in [1.29, 1.82) is 0 Å². The molecule has 4 nitrogen and oxygen atoms in total. The Morgan fingerprint density at radius 1 is 1.50 bits per heavy atom. The Labute approximate surface area is 99.7 Å². The van der Waals surface area contributed by atoms with E-state index in [9.17, 15) is 14.5 Å². The fourth-order valence-electron chi connectivity index (χ4n) is 1.42. The highest BCUT2D eigenvalue weighted by Crippen LogP contribution is 2.34. The minimum absolute atomic E-state index is 0.0443. The molecule has 0 spiro atoms. The molecule has 0 aliphatic heterocycles. The van der Waals surface area contributed by atoms with Crippen LogP contribution >= 0.6 is 15.9 Å². The third-order valence-electron chi connectivity index (χ3n) is 2.54. The second-order valence-corrected chi connectivity index (χ2v) is 4.52. The standard InChI is InChI=1S/C10H9BrFNO3/c11-7-4-10(16-6-2-1-3-6)8(12)5-9(7)13(14)15/h4-6H,1-3H2. The predicted molar refractivity (Wildman–Crippen MR) is 59.0 cm³/mol. The fraction of sp³-hybridized carbons (Fsp3) is 0.400. The lowest BCUT2D eigenvalue weighted by molar-refractivity contribution is -0.385. The maximum Gasteiger partial charge on any atom is 0.286 e. The summed E-state index contributed by atoms with van der Waals surface area (Å²) in [5.74, 6) is -0.621. The fourth-order valence-corrected chi connectivity index (χ4v) is 1.88. The number of ether oxygens (including phenoxy) is 1. The lowest BCUT2D eigenvalue weighted by Gasteiger charge is -2.26. The van der Waals surface area contributed by atoms with Crippen molar-refractivity contribution in [1.82, 2.24) is 0 Å². The minimum atomic E-state index is -0.693.